The molecule has 2 rings (SSSR count). The Hall–Kier alpha value is -0.120. The first-order chi connectivity index (χ1) is 7.81. The molecule has 1 N–H and O–H groups in total. The molecule has 16 heavy (non-hydrogen) atoms. The fourth-order valence-corrected chi connectivity index (χ4v) is 3.18. The van der Waals surface area contributed by atoms with Crippen LogP contribution in [0.1, 0.15) is 32.6 Å². The molecule has 2 saturated heterocycles. The number of fused-ring (bicyclic) bond motifs is 1. The number of rotatable bonds is 4. The largest absolute Gasteiger partial charge is 0.320 e. The lowest BCUT2D eigenvalue weighted by atomic mass is 9.97. The second kappa shape index (κ2) is 5.99. The summed E-state index contributed by atoms with van der Waals surface area (Å²) in [6, 6.07) is 1.62. The summed E-state index contributed by atoms with van der Waals surface area (Å²) in [4.78, 5) is 5.42. The zero-order chi connectivity index (χ0) is 11.4. The molecule has 2 atom stereocenters. The van der Waals surface area contributed by atoms with Crippen LogP contribution in [0.15, 0.2) is 0 Å². The molecule has 2 unspecified atom stereocenters. The van der Waals surface area contributed by atoms with Crippen LogP contribution in [0.3, 0.4) is 0 Å². The van der Waals surface area contributed by atoms with E-state index in [1.165, 1.54) is 51.9 Å². The maximum atomic E-state index is 3.24. The number of nitrogens with zero attached hydrogens (tertiary/aromatic N) is 2. The molecule has 0 aromatic rings. The molecule has 0 saturated carbocycles. The van der Waals surface area contributed by atoms with Gasteiger partial charge in [0.25, 0.3) is 0 Å². The van der Waals surface area contributed by atoms with Gasteiger partial charge in [0.2, 0.25) is 0 Å². The predicted octanol–water partition coefficient (Wildman–Crippen LogP) is 1.15. The molecule has 2 aliphatic rings. The average Bonchev–Trinajstić information content (AvgIpc) is 2.30. The zero-order valence-electron chi connectivity index (χ0n) is 10.9. The van der Waals surface area contributed by atoms with Gasteiger partial charge >= 0.3 is 0 Å². The maximum absolute atomic E-state index is 3.24. The highest BCUT2D eigenvalue weighted by Crippen LogP contribution is 2.23. The van der Waals surface area contributed by atoms with Gasteiger partial charge in [-0.15, -0.1) is 0 Å². The van der Waals surface area contributed by atoms with Crippen molar-refractivity contribution >= 4 is 0 Å². The van der Waals surface area contributed by atoms with E-state index in [9.17, 15) is 0 Å². The van der Waals surface area contributed by atoms with Crippen LogP contribution in [0.25, 0.3) is 0 Å². The van der Waals surface area contributed by atoms with Gasteiger partial charge in [-0.2, -0.15) is 0 Å². The average molecular weight is 225 g/mol. The van der Waals surface area contributed by atoms with Crippen LogP contribution in [0.4, 0.5) is 0 Å². The van der Waals surface area contributed by atoms with Crippen LogP contribution in [-0.2, 0) is 0 Å². The third-order valence-electron chi connectivity index (χ3n) is 4.19. The Kier molecular flexibility index (Phi) is 4.62. The van der Waals surface area contributed by atoms with E-state index in [0.29, 0.717) is 0 Å². The van der Waals surface area contributed by atoms with Crippen LogP contribution in [0, 0.1) is 0 Å². The van der Waals surface area contributed by atoms with Crippen molar-refractivity contribution in [2.24, 2.45) is 0 Å². The fourth-order valence-electron chi connectivity index (χ4n) is 3.18. The van der Waals surface area contributed by atoms with Crippen LogP contribution in [0.2, 0.25) is 0 Å². The molecule has 0 radical (unpaired) electrons. The van der Waals surface area contributed by atoms with Gasteiger partial charge in [0.1, 0.15) is 0 Å². The Morgan fingerprint density at radius 1 is 1.25 bits per heavy atom. The first kappa shape index (κ1) is 12.3. The van der Waals surface area contributed by atoms with Crippen molar-refractivity contribution in [3.63, 3.8) is 0 Å². The highest BCUT2D eigenvalue weighted by molar-refractivity contribution is 4.88. The third-order valence-corrected chi connectivity index (χ3v) is 4.19. The first-order valence-corrected chi connectivity index (χ1v) is 6.94. The number of hydrogen-bond donors (Lipinski definition) is 1. The fraction of sp³-hybridized carbons (Fsp3) is 1.00. The Morgan fingerprint density at radius 2 is 2.12 bits per heavy atom. The Bertz CT molecular complexity index is 207. The molecule has 94 valence electrons. The monoisotopic (exact) mass is 225 g/mol. The summed E-state index contributed by atoms with van der Waals surface area (Å²) in [5.74, 6) is 0. The van der Waals surface area contributed by atoms with Gasteiger partial charge in [-0.25, -0.2) is 0 Å². The highest BCUT2D eigenvalue weighted by atomic mass is 15.3. The van der Waals surface area contributed by atoms with Crippen molar-refractivity contribution in [3.05, 3.63) is 0 Å². The third kappa shape index (κ3) is 2.96. The molecule has 0 aromatic heterocycles. The van der Waals surface area contributed by atoms with E-state index in [-0.39, 0.29) is 0 Å². The van der Waals surface area contributed by atoms with Crippen LogP contribution in [0.5, 0.6) is 0 Å². The molecule has 0 aromatic carbocycles. The lowest BCUT2D eigenvalue weighted by molar-refractivity contribution is 0.0150. The topological polar surface area (TPSA) is 18.5 Å². The first-order valence-electron chi connectivity index (χ1n) is 6.94. The molecule has 2 aliphatic heterocycles. The minimum atomic E-state index is 0.756. The zero-order valence-corrected chi connectivity index (χ0v) is 10.9. The standard InChI is InChI=1S/C13H27N3/c1-12-10-16-8-4-3-6-13(16)11-15(12)9-5-7-14-2/h12-14H,3-11H2,1-2H3. The van der Waals surface area contributed by atoms with E-state index >= 15 is 0 Å². The predicted molar refractivity (Wildman–Crippen MR) is 68.8 cm³/mol. The smallest absolute Gasteiger partial charge is 0.0223 e. The molecule has 0 aliphatic carbocycles. The van der Waals surface area contributed by atoms with Gasteiger partial charge in [0.15, 0.2) is 0 Å². The summed E-state index contributed by atoms with van der Waals surface area (Å²) in [6.45, 7) is 8.77. The Morgan fingerprint density at radius 3 is 2.94 bits per heavy atom. The second-order valence-electron chi connectivity index (χ2n) is 5.45. The van der Waals surface area contributed by atoms with Gasteiger partial charge < -0.3 is 5.32 Å². The van der Waals surface area contributed by atoms with Crippen molar-refractivity contribution < 1.29 is 0 Å². The maximum Gasteiger partial charge on any atom is 0.0223 e. The van der Waals surface area contributed by atoms with Gasteiger partial charge in [0, 0.05) is 25.2 Å². The van der Waals surface area contributed by atoms with E-state index in [1.54, 1.807) is 0 Å². The molecule has 0 spiro atoms. The van der Waals surface area contributed by atoms with Gasteiger partial charge in [-0.1, -0.05) is 6.42 Å². The van der Waals surface area contributed by atoms with Crippen molar-refractivity contribution in [2.75, 3.05) is 39.8 Å². The quantitative estimate of drug-likeness (QED) is 0.724. The molecule has 3 heteroatoms. The molecule has 3 nitrogen and oxygen atoms in total. The van der Waals surface area contributed by atoms with Crippen molar-refractivity contribution in [1.82, 2.24) is 15.1 Å². The molecule has 2 heterocycles. The summed E-state index contributed by atoms with van der Waals surface area (Å²) in [7, 11) is 2.04. The molecule has 0 bridgehead atoms. The van der Waals surface area contributed by atoms with Gasteiger partial charge in [-0.05, 0) is 52.9 Å². The second-order valence-corrected chi connectivity index (χ2v) is 5.45. The number of piperidine rings is 1. The summed E-state index contributed by atoms with van der Waals surface area (Å²) in [6.07, 6.45) is 5.58. The van der Waals surface area contributed by atoms with E-state index in [1.807, 2.05) is 7.05 Å². The molecular weight excluding hydrogens is 198 g/mol. The molecule has 2 fully saturated rings. The van der Waals surface area contributed by atoms with Crippen LogP contribution < -0.4 is 5.32 Å². The van der Waals surface area contributed by atoms with Crippen molar-refractivity contribution in [1.29, 1.82) is 0 Å². The Labute approximate surface area is 100 Å². The Balaban J connectivity index is 1.80. The summed E-state index contributed by atoms with van der Waals surface area (Å²) in [5.41, 5.74) is 0. The minimum absolute atomic E-state index is 0.756. The SMILES string of the molecule is CNCCCN1CC2CCCCN2CC1C. The number of hydrogen-bond acceptors (Lipinski definition) is 3. The van der Waals surface area contributed by atoms with Crippen LogP contribution >= 0.6 is 0 Å². The highest BCUT2D eigenvalue weighted by Gasteiger charge is 2.32. The van der Waals surface area contributed by atoms with Crippen LogP contribution in [-0.4, -0.2) is 61.7 Å². The van der Waals surface area contributed by atoms with Crippen molar-refractivity contribution in [2.45, 2.75) is 44.7 Å². The van der Waals surface area contributed by atoms with E-state index in [4.69, 9.17) is 0 Å². The summed E-state index contributed by atoms with van der Waals surface area (Å²) in [5, 5.41) is 3.24. The molecule has 0 amide bonds. The van der Waals surface area contributed by atoms with Gasteiger partial charge in [0.05, 0.1) is 0 Å². The van der Waals surface area contributed by atoms with E-state index in [2.05, 4.69) is 22.0 Å². The summed E-state index contributed by atoms with van der Waals surface area (Å²) < 4.78 is 0. The van der Waals surface area contributed by atoms with E-state index in [0.717, 1.165) is 18.6 Å². The lowest BCUT2D eigenvalue weighted by Crippen LogP contribution is -2.58. The normalized spacial score (nSPS) is 32.6. The van der Waals surface area contributed by atoms with Crippen molar-refractivity contribution in [3.8, 4) is 0 Å². The van der Waals surface area contributed by atoms with Gasteiger partial charge in [-0.3, -0.25) is 9.80 Å². The lowest BCUT2D eigenvalue weighted by Gasteiger charge is -2.47. The summed E-state index contributed by atoms with van der Waals surface area (Å²) >= 11 is 0. The van der Waals surface area contributed by atoms with E-state index < -0.39 is 0 Å². The minimum Gasteiger partial charge on any atom is -0.320 e. The number of piperazine rings is 1. The molecular formula is C13H27N3. The number of nitrogens with one attached hydrogen (secondary N) is 1.